The highest BCUT2D eigenvalue weighted by Crippen LogP contribution is 2.24. The molecule has 0 saturated carbocycles. The summed E-state index contributed by atoms with van der Waals surface area (Å²) in [4.78, 5) is 13.4. The summed E-state index contributed by atoms with van der Waals surface area (Å²) in [5.74, 6) is 0.0721. The first-order chi connectivity index (χ1) is 6.43. The van der Waals surface area contributed by atoms with E-state index >= 15 is 0 Å². The third-order valence-corrected chi connectivity index (χ3v) is 2.99. The smallest absolute Gasteiger partial charge is 0.235 e. The van der Waals surface area contributed by atoms with Gasteiger partial charge in [0.05, 0.1) is 23.5 Å². The molecule has 1 aliphatic rings. The van der Waals surface area contributed by atoms with Crippen LogP contribution >= 0.6 is 12.6 Å². The number of carbonyl (C=O) groups is 1. The number of ether oxygens (including phenoxy) is 1. The van der Waals surface area contributed by atoms with Crippen LogP contribution in [0.3, 0.4) is 0 Å². The van der Waals surface area contributed by atoms with Gasteiger partial charge in [-0.3, -0.25) is 4.79 Å². The molecule has 82 valence electrons. The number of thiol groups is 1. The lowest BCUT2D eigenvalue weighted by molar-refractivity contribution is -0.132. The van der Waals surface area contributed by atoms with Crippen molar-refractivity contribution in [3.63, 3.8) is 0 Å². The van der Waals surface area contributed by atoms with Crippen LogP contribution in [0, 0.1) is 0 Å². The maximum Gasteiger partial charge on any atom is 0.235 e. The fourth-order valence-electron chi connectivity index (χ4n) is 1.98. The Hall–Kier alpha value is -0.220. The molecule has 1 fully saturated rings. The van der Waals surface area contributed by atoms with Gasteiger partial charge in [0.2, 0.25) is 5.91 Å². The summed E-state index contributed by atoms with van der Waals surface area (Å²) in [5, 5.41) is -0.233. The molecule has 0 aromatic rings. The minimum atomic E-state index is -0.233. The predicted molar refractivity (Wildman–Crippen MR) is 59.6 cm³/mol. The molecule has 0 aromatic heterocycles. The molecule has 1 saturated heterocycles. The van der Waals surface area contributed by atoms with Crippen LogP contribution in [0.2, 0.25) is 0 Å². The van der Waals surface area contributed by atoms with Gasteiger partial charge in [-0.25, -0.2) is 0 Å². The lowest BCUT2D eigenvalue weighted by Crippen LogP contribution is -2.43. The monoisotopic (exact) mass is 217 g/mol. The molecule has 1 rings (SSSR count). The first-order valence-corrected chi connectivity index (χ1v) is 5.55. The Morgan fingerprint density at radius 2 is 2.14 bits per heavy atom. The van der Waals surface area contributed by atoms with E-state index in [9.17, 15) is 4.79 Å². The highest BCUT2D eigenvalue weighted by molar-refractivity contribution is 7.81. The number of hydrogen-bond donors (Lipinski definition) is 1. The lowest BCUT2D eigenvalue weighted by atomic mass is 10.1. The van der Waals surface area contributed by atoms with Gasteiger partial charge in [-0.1, -0.05) is 0 Å². The van der Waals surface area contributed by atoms with E-state index in [1.165, 1.54) is 0 Å². The van der Waals surface area contributed by atoms with Crippen LogP contribution in [-0.4, -0.2) is 41.4 Å². The number of amides is 1. The second-order valence-electron chi connectivity index (χ2n) is 4.08. The van der Waals surface area contributed by atoms with E-state index in [0.29, 0.717) is 0 Å². The van der Waals surface area contributed by atoms with Crippen LogP contribution in [0.4, 0.5) is 0 Å². The molecule has 4 atom stereocenters. The standard InChI is InChI=1S/C10H19NO2S/c1-6-5-9(7(2)13-6)11(4)10(12)8(3)14/h6-9,14H,5H2,1-4H3. The molecule has 0 N–H and O–H groups in total. The molecule has 1 heterocycles. The molecular weight excluding hydrogens is 198 g/mol. The number of likely N-dealkylation sites (N-methyl/N-ethyl adjacent to an activating group) is 1. The molecular formula is C10H19NO2S. The molecule has 0 radical (unpaired) electrons. The summed E-state index contributed by atoms with van der Waals surface area (Å²) < 4.78 is 5.61. The molecule has 0 aromatic carbocycles. The van der Waals surface area contributed by atoms with Gasteiger partial charge in [0.25, 0.3) is 0 Å². The fourth-order valence-corrected chi connectivity index (χ4v) is 2.16. The molecule has 3 nitrogen and oxygen atoms in total. The van der Waals surface area contributed by atoms with Gasteiger partial charge in [0.1, 0.15) is 0 Å². The molecule has 0 bridgehead atoms. The van der Waals surface area contributed by atoms with Crippen molar-refractivity contribution in [3.8, 4) is 0 Å². The molecule has 14 heavy (non-hydrogen) atoms. The SMILES string of the molecule is CC1CC(N(C)C(=O)C(C)S)C(C)O1. The zero-order valence-corrected chi connectivity index (χ0v) is 10.1. The Kier molecular flexibility index (Phi) is 3.84. The minimum Gasteiger partial charge on any atom is -0.373 e. The summed E-state index contributed by atoms with van der Waals surface area (Å²) >= 11 is 4.15. The molecule has 4 unspecified atom stereocenters. The second kappa shape index (κ2) is 4.53. The van der Waals surface area contributed by atoms with Crippen LogP contribution in [0.1, 0.15) is 27.2 Å². The van der Waals surface area contributed by atoms with Gasteiger partial charge in [0.15, 0.2) is 0 Å². The van der Waals surface area contributed by atoms with Crippen molar-refractivity contribution < 1.29 is 9.53 Å². The van der Waals surface area contributed by atoms with E-state index in [1.54, 1.807) is 11.8 Å². The van der Waals surface area contributed by atoms with Crippen LogP contribution in [0.5, 0.6) is 0 Å². The third-order valence-electron chi connectivity index (χ3n) is 2.76. The maximum absolute atomic E-state index is 11.7. The second-order valence-corrected chi connectivity index (χ2v) is 4.85. The van der Waals surface area contributed by atoms with E-state index in [4.69, 9.17) is 4.74 Å². The van der Waals surface area contributed by atoms with E-state index in [-0.39, 0.29) is 29.4 Å². The first-order valence-electron chi connectivity index (χ1n) is 5.03. The van der Waals surface area contributed by atoms with E-state index < -0.39 is 0 Å². The van der Waals surface area contributed by atoms with Gasteiger partial charge < -0.3 is 9.64 Å². The van der Waals surface area contributed by atoms with Crippen molar-refractivity contribution in [1.29, 1.82) is 0 Å². The Balaban J connectivity index is 2.61. The summed E-state index contributed by atoms with van der Waals surface area (Å²) in [7, 11) is 1.83. The normalized spacial score (nSPS) is 34.2. The summed E-state index contributed by atoms with van der Waals surface area (Å²) in [6.45, 7) is 5.85. The quantitative estimate of drug-likeness (QED) is 0.707. The van der Waals surface area contributed by atoms with Crippen molar-refractivity contribution in [1.82, 2.24) is 4.90 Å². The van der Waals surface area contributed by atoms with Crippen molar-refractivity contribution in [2.45, 2.75) is 50.7 Å². The van der Waals surface area contributed by atoms with Crippen molar-refractivity contribution >= 4 is 18.5 Å². The highest BCUT2D eigenvalue weighted by Gasteiger charge is 2.35. The molecule has 1 aliphatic heterocycles. The average molecular weight is 217 g/mol. The van der Waals surface area contributed by atoms with Crippen LogP contribution in [-0.2, 0) is 9.53 Å². The summed E-state index contributed by atoms with van der Waals surface area (Å²) in [5.41, 5.74) is 0. The molecule has 0 aliphatic carbocycles. The summed E-state index contributed by atoms with van der Waals surface area (Å²) in [6, 6.07) is 0.201. The number of carbonyl (C=O) groups excluding carboxylic acids is 1. The largest absolute Gasteiger partial charge is 0.373 e. The highest BCUT2D eigenvalue weighted by atomic mass is 32.1. The Morgan fingerprint density at radius 1 is 1.57 bits per heavy atom. The zero-order chi connectivity index (χ0) is 10.9. The molecule has 1 amide bonds. The van der Waals surface area contributed by atoms with E-state index in [1.807, 2.05) is 20.9 Å². The van der Waals surface area contributed by atoms with Gasteiger partial charge >= 0.3 is 0 Å². The number of nitrogens with zero attached hydrogens (tertiary/aromatic N) is 1. The van der Waals surface area contributed by atoms with Crippen molar-refractivity contribution in [3.05, 3.63) is 0 Å². The predicted octanol–water partition coefficient (Wildman–Crippen LogP) is 1.33. The van der Waals surface area contributed by atoms with Gasteiger partial charge in [-0.05, 0) is 27.2 Å². The Bertz CT molecular complexity index is 220. The molecule has 0 spiro atoms. The van der Waals surface area contributed by atoms with Gasteiger partial charge in [-0.15, -0.1) is 0 Å². The molecule has 4 heteroatoms. The van der Waals surface area contributed by atoms with Crippen LogP contribution in [0.15, 0.2) is 0 Å². The van der Waals surface area contributed by atoms with Crippen LogP contribution in [0.25, 0.3) is 0 Å². The zero-order valence-electron chi connectivity index (χ0n) is 9.23. The van der Waals surface area contributed by atoms with Gasteiger partial charge in [-0.2, -0.15) is 12.6 Å². The topological polar surface area (TPSA) is 29.5 Å². The number of rotatable bonds is 2. The first kappa shape index (κ1) is 11.9. The van der Waals surface area contributed by atoms with E-state index in [0.717, 1.165) is 6.42 Å². The number of hydrogen-bond acceptors (Lipinski definition) is 3. The van der Waals surface area contributed by atoms with Crippen molar-refractivity contribution in [2.75, 3.05) is 7.05 Å². The third kappa shape index (κ3) is 2.42. The summed E-state index contributed by atoms with van der Waals surface area (Å²) in [6.07, 6.45) is 1.30. The lowest BCUT2D eigenvalue weighted by Gasteiger charge is -2.27. The van der Waals surface area contributed by atoms with Crippen LogP contribution < -0.4 is 0 Å². The Labute approximate surface area is 91.2 Å². The fraction of sp³-hybridized carbons (Fsp3) is 0.900. The van der Waals surface area contributed by atoms with Gasteiger partial charge in [0, 0.05) is 7.05 Å². The van der Waals surface area contributed by atoms with E-state index in [2.05, 4.69) is 12.6 Å². The minimum absolute atomic E-state index is 0.0721. The average Bonchev–Trinajstić information content (AvgIpc) is 2.42. The van der Waals surface area contributed by atoms with Crippen molar-refractivity contribution in [2.24, 2.45) is 0 Å². The Morgan fingerprint density at radius 3 is 2.50 bits per heavy atom. The maximum atomic E-state index is 11.7.